The number of methoxy groups -OCH3 is 1. The molecule has 3 heterocycles. The molecule has 1 aliphatic heterocycles. The Hall–Kier alpha value is -3.79. The quantitative estimate of drug-likeness (QED) is 0.122. The Labute approximate surface area is 268 Å². The molecule has 3 aliphatic rings. The monoisotopic (exact) mass is 630 g/mol. The fourth-order valence-corrected chi connectivity index (χ4v) is 7.32. The Morgan fingerprint density at radius 3 is 2.69 bits per heavy atom. The first-order valence-corrected chi connectivity index (χ1v) is 16.8. The summed E-state index contributed by atoms with van der Waals surface area (Å²) < 4.78 is 18.2. The highest BCUT2D eigenvalue weighted by molar-refractivity contribution is 7.13. The summed E-state index contributed by atoms with van der Waals surface area (Å²) in [5.41, 5.74) is 2.73. The zero-order valence-electron chi connectivity index (χ0n) is 26.8. The molecule has 2 aromatic heterocycles. The van der Waals surface area contributed by atoms with Crippen molar-refractivity contribution >= 4 is 40.0 Å². The fourth-order valence-electron chi connectivity index (χ4n) is 6.38. The van der Waals surface area contributed by atoms with Gasteiger partial charge < -0.3 is 19.1 Å². The van der Waals surface area contributed by atoms with Gasteiger partial charge in [-0.15, -0.1) is 17.9 Å². The van der Waals surface area contributed by atoms with Crippen LogP contribution in [0.2, 0.25) is 0 Å². The van der Waals surface area contributed by atoms with Crippen LogP contribution in [0.25, 0.3) is 21.6 Å². The van der Waals surface area contributed by atoms with E-state index < -0.39 is 11.5 Å². The molecule has 2 aliphatic carbocycles. The summed E-state index contributed by atoms with van der Waals surface area (Å²) >= 11 is 1.57. The van der Waals surface area contributed by atoms with E-state index in [4.69, 9.17) is 29.2 Å². The first-order valence-electron chi connectivity index (χ1n) is 15.9. The minimum Gasteiger partial charge on any atom is -0.496 e. The Morgan fingerprint density at radius 2 is 2.02 bits per heavy atom. The summed E-state index contributed by atoms with van der Waals surface area (Å²) in [6, 6.07) is 5.86. The van der Waals surface area contributed by atoms with Gasteiger partial charge in [0.2, 0.25) is 5.91 Å². The van der Waals surface area contributed by atoms with Gasteiger partial charge in [0.1, 0.15) is 28.3 Å². The number of aryl methyl sites for hydroxylation is 1. The van der Waals surface area contributed by atoms with Crippen molar-refractivity contribution < 1.29 is 23.8 Å². The molecular weight excluding hydrogens is 588 g/mol. The highest BCUT2D eigenvalue weighted by atomic mass is 32.1. The maximum Gasteiger partial charge on any atom is 0.340 e. The van der Waals surface area contributed by atoms with Crippen LogP contribution in [0.3, 0.4) is 0 Å². The third-order valence-corrected chi connectivity index (χ3v) is 10.2. The zero-order chi connectivity index (χ0) is 31.9. The molecule has 2 fully saturated rings. The van der Waals surface area contributed by atoms with Gasteiger partial charge in [-0.25, -0.2) is 19.8 Å². The van der Waals surface area contributed by atoms with Crippen LogP contribution in [0.15, 0.2) is 41.2 Å². The minimum atomic E-state index is -0.728. The van der Waals surface area contributed by atoms with E-state index in [1.807, 2.05) is 38.2 Å². The number of fused-ring (bicyclic) bond motifs is 1. The first kappa shape index (κ1) is 31.2. The minimum absolute atomic E-state index is 0.0325. The second-order valence-corrected chi connectivity index (χ2v) is 13.7. The predicted molar refractivity (Wildman–Crippen MR) is 176 cm³/mol. The van der Waals surface area contributed by atoms with Crippen molar-refractivity contribution in [3.05, 3.63) is 47.5 Å². The van der Waals surface area contributed by atoms with Crippen molar-refractivity contribution in [2.45, 2.75) is 83.3 Å². The molecule has 10 heteroatoms. The number of thiazole rings is 1. The maximum absolute atomic E-state index is 13.9. The molecule has 238 valence electrons. The van der Waals surface area contributed by atoms with Crippen molar-refractivity contribution in [3.63, 3.8) is 0 Å². The summed E-state index contributed by atoms with van der Waals surface area (Å²) in [7, 11) is 3.51. The number of cyclic esters (lactones) is 1. The first-order chi connectivity index (χ1) is 21.6. The summed E-state index contributed by atoms with van der Waals surface area (Å²) in [5, 5.41) is 3.77. The lowest BCUT2D eigenvalue weighted by molar-refractivity contribution is -0.138. The highest BCUT2D eigenvalue weighted by Crippen LogP contribution is 2.48. The second-order valence-electron chi connectivity index (χ2n) is 12.9. The van der Waals surface area contributed by atoms with Crippen molar-refractivity contribution in [3.8, 4) is 22.2 Å². The molecule has 3 atom stereocenters. The molecule has 3 aromatic rings. The topological polar surface area (TPSA) is 103 Å². The van der Waals surface area contributed by atoms with Crippen LogP contribution in [0.4, 0.5) is 0 Å². The number of aliphatic imine (C=N–C) groups is 1. The summed E-state index contributed by atoms with van der Waals surface area (Å²) in [6.45, 7) is 10.7. The SMILES string of the molecule is C=CCCCCN(C)C(=O)[C@@H]1C[C@H](Oc2cc(-c3nc(C(C)C)cs3)nc3c(C)c(OC)ccc23)CC1C1=NC2(CC2)C(=O)O1. The van der Waals surface area contributed by atoms with E-state index in [1.165, 1.54) is 0 Å². The van der Waals surface area contributed by atoms with Gasteiger partial charge >= 0.3 is 5.97 Å². The van der Waals surface area contributed by atoms with E-state index >= 15 is 0 Å². The number of carbonyl (C=O) groups is 2. The van der Waals surface area contributed by atoms with E-state index in [0.717, 1.165) is 57.9 Å². The summed E-state index contributed by atoms with van der Waals surface area (Å²) in [4.78, 5) is 43.0. The normalized spacial score (nSPS) is 21.7. The van der Waals surface area contributed by atoms with Crippen molar-refractivity contribution in [1.29, 1.82) is 0 Å². The zero-order valence-corrected chi connectivity index (χ0v) is 27.6. The number of esters is 1. The number of amides is 1. The second kappa shape index (κ2) is 12.5. The van der Waals surface area contributed by atoms with Gasteiger partial charge in [-0.3, -0.25) is 4.79 Å². The molecule has 0 bridgehead atoms. The lowest BCUT2D eigenvalue weighted by Gasteiger charge is -2.24. The number of unbranched alkanes of at least 4 members (excludes halogenated alkanes) is 2. The number of hydrogen-bond acceptors (Lipinski definition) is 9. The molecule has 9 nitrogen and oxygen atoms in total. The molecule has 1 spiro atoms. The van der Waals surface area contributed by atoms with E-state index in [1.54, 1.807) is 23.3 Å². The van der Waals surface area contributed by atoms with E-state index in [0.29, 0.717) is 49.8 Å². The molecule has 1 amide bonds. The number of nitrogens with zero attached hydrogens (tertiary/aromatic N) is 4. The van der Waals surface area contributed by atoms with E-state index in [2.05, 4.69) is 25.8 Å². The van der Waals surface area contributed by atoms with Crippen LogP contribution < -0.4 is 9.47 Å². The Kier molecular flexibility index (Phi) is 8.70. The molecular formula is C35H42N4O5S. The van der Waals surface area contributed by atoms with Gasteiger partial charge in [-0.1, -0.05) is 19.9 Å². The standard InChI is InChI=1S/C35H42N4O5S/c1-7-8-9-10-15-39(5)33(40)25-17-22(16-24(25)31-38-35(13-14-35)34(41)44-31)43-29-18-26(32-37-27(19-45-32)20(2)3)36-30-21(4)28(42-6)12-11-23(29)30/h7,11-12,18-20,22,24-25H,1,8-10,13-17H2,2-6H3/t22-,24?,25-/m1/s1. The number of hydrogen-bond donors (Lipinski definition) is 0. The molecule has 1 unspecified atom stereocenters. The predicted octanol–water partition coefficient (Wildman–Crippen LogP) is 6.87. The van der Waals surface area contributed by atoms with Gasteiger partial charge in [0.25, 0.3) is 0 Å². The average molecular weight is 631 g/mol. The number of benzene rings is 1. The Morgan fingerprint density at radius 1 is 1.22 bits per heavy atom. The molecule has 45 heavy (non-hydrogen) atoms. The molecule has 0 saturated heterocycles. The van der Waals surface area contributed by atoms with Gasteiger partial charge in [0.05, 0.1) is 30.2 Å². The Bertz CT molecular complexity index is 1660. The molecule has 0 N–H and O–H groups in total. The summed E-state index contributed by atoms with van der Waals surface area (Å²) in [5.74, 6) is 1.14. The molecule has 2 saturated carbocycles. The number of pyridine rings is 1. The fraction of sp³-hybridized carbons (Fsp3) is 0.514. The highest BCUT2D eigenvalue weighted by Gasteiger charge is 2.58. The number of allylic oxidation sites excluding steroid dienone is 1. The third-order valence-electron chi connectivity index (χ3n) is 9.30. The van der Waals surface area contributed by atoms with Crippen LogP contribution in [0.1, 0.15) is 76.0 Å². The van der Waals surface area contributed by atoms with Crippen LogP contribution >= 0.6 is 11.3 Å². The van der Waals surface area contributed by atoms with Crippen LogP contribution in [0.5, 0.6) is 11.5 Å². The van der Waals surface area contributed by atoms with Gasteiger partial charge in [0, 0.05) is 36.0 Å². The van der Waals surface area contributed by atoms with Gasteiger partial charge in [-0.2, -0.15) is 0 Å². The van der Waals surface area contributed by atoms with Crippen molar-refractivity contribution in [2.75, 3.05) is 20.7 Å². The lowest BCUT2D eigenvalue weighted by atomic mass is 9.94. The van der Waals surface area contributed by atoms with Crippen molar-refractivity contribution in [1.82, 2.24) is 14.9 Å². The van der Waals surface area contributed by atoms with Crippen molar-refractivity contribution in [2.24, 2.45) is 16.8 Å². The number of ether oxygens (including phenoxy) is 3. The van der Waals surface area contributed by atoms with E-state index in [9.17, 15) is 9.59 Å². The number of rotatable bonds is 12. The number of aromatic nitrogens is 2. The van der Waals surface area contributed by atoms with Gasteiger partial charge in [-0.05, 0) is 69.9 Å². The summed E-state index contributed by atoms with van der Waals surface area (Å²) in [6.07, 6.45) is 6.83. The largest absolute Gasteiger partial charge is 0.496 e. The smallest absolute Gasteiger partial charge is 0.340 e. The van der Waals surface area contributed by atoms with Crippen LogP contribution in [0, 0.1) is 18.8 Å². The van der Waals surface area contributed by atoms with Crippen LogP contribution in [-0.2, 0) is 14.3 Å². The lowest BCUT2D eigenvalue weighted by Crippen LogP contribution is -2.37. The molecule has 0 radical (unpaired) electrons. The number of carbonyl (C=O) groups excluding carboxylic acids is 2. The van der Waals surface area contributed by atoms with Crippen LogP contribution in [-0.4, -0.2) is 65.0 Å². The molecule has 6 rings (SSSR count). The maximum atomic E-state index is 13.9. The molecule has 1 aromatic carbocycles. The average Bonchev–Trinajstić information content (AvgIpc) is 3.32. The third kappa shape index (κ3) is 6.09. The van der Waals surface area contributed by atoms with E-state index in [-0.39, 0.29) is 23.9 Å². The Balaban J connectivity index is 1.32. The van der Waals surface area contributed by atoms with Gasteiger partial charge in [0.15, 0.2) is 11.4 Å².